The lowest BCUT2D eigenvalue weighted by atomic mass is 10.1. The Morgan fingerprint density at radius 2 is 1.96 bits per heavy atom. The van der Waals surface area contributed by atoms with Crippen molar-refractivity contribution in [2.75, 3.05) is 5.32 Å². The molecule has 1 amide bonds. The fraction of sp³-hybridized carbons (Fsp3) is 0. The van der Waals surface area contributed by atoms with E-state index in [-0.39, 0.29) is 11.3 Å². The Bertz CT molecular complexity index is 934. The van der Waals surface area contributed by atoms with Crippen molar-refractivity contribution in [3.05, 3.63) is 63.5 Å². The summed E-state index contributed by atoms with van der Waals surface area (Å²) in [6.45, 7) is 0. The molecule has 0 aliphatic carbocycles. The maximum absolute atomic E-state index is 13.5. The Kier molecular flexibility index (Phi) is 4.95. The van der Waals surface area contributed by atoms with Crippen LogP contribution in [0.15, 0.2) is 42.0 Å². The minimum atomic E-state index is -0.970. The number of hydrogen-bond acceptors (Lipinski definition) is 6. The number of benzene rings is 2. The molecular weight excluding hydrogens is 333 g/mol. The van der Waals surface area contributed by atoms with Crippen molar-refractivity contribution < 1.29 is 24.3 Å². The molecule has 0 unspecified atom stereocenters. The SMILES string of the molecule is N#C/C(=C/c1cc([N+](=O)[O-])c(O)cc1O)C(=O)Nc1ccccc1F. The fourth-order valence-electron chi connectivity index (χ4n) is 1.90. The standard InChI is InChI=1S/C16H10FN3O5/c17-11-3-1-2-4-12(11)19-16(23)10(8-18)5-9-6-13(20(24)25)15(22)7-14(9)21/h1-7,21-22H,(H,19,23)/b10-5-. The van der Waals surface area contributed by atoms with Crippen LogP contribution in [0.1, 0.15) is 5.56 Å². The number of nitrogens with zero attached hydrogens (tertiary/aromatic N) is 2. The average molecular weight is 343 g/mol. The lowest BCUT2D eigenvalue weighted by Gasteiger charge is -2.06. The van der Waals surface area contributed by atoms with Crippen LogP contribution in [0.25, 0.3) is 6.08 Å². The molecule has 2 rings (SSSR count). The predicted molar refractivity (Wildman–Crippen MR) is 85.0 cm³/mol. The monoisotopic (exact) mass is 343 g/mol. The van der Waals surface area contributed by atoms with E-state index in [4.69, 9.17) is 5.26 Å². The van der Waals surface area contributed by atoms with E-state index < -0.39 is 39.4 Å². The van der Waals surface area contributed by atoms with Gasteiger partial charge in [-0.2, -0.15) is 5.26 Å². The van der Waals surface area contributed by atoms with Crippen LogP contribution in [0, 0.1) is 27.3 Å². The lowest BCUT2D eigenvalue weighted by molar-refractivity contribution is -0.385. The molecule has 3 N–H and O–H groups in total. The number of nitrogens with one attached hydrogen (secondary N) is 1. The Hall–Kier alpha value is -3.93. The number of nitriles is 1. The van der Waals surface area contributed by atoms with Crippen LogP contribution in [0.4, 0.5) is 15.8 Å². The number of rotatable bonds is 4. The number of hydrogen-bond donors (Lipinski definition) is 3. The van der Waals surface area contributed by atoms with Crippen LogP contribution in [0.3, 0.4) is 0 Å². The summed E-state index contributed by atoms with van der Waals surface area (Å²) in [4.78, 5) is 22.0. The van der Waals surface area contributed by atoms with Crippen molar-refractivity contribution in [1.29, 1.82) is 5.26 Å². The molecular formula is C16H10FN3O5. The lowest BCUT2D eigenvalue weighted by Crippen LogP contribution is -2.14. The topological polar surface area (TPSA) is 136 Å². The Balaban J connectivity index is 2.39. The van der Waals surface area contributed by atoms with Gasteiger partial charge >= 0.3 is 5.69 Å². The Morgan fingerprint density at radius 1 is 1.28 bits per heavy atom. The molecule has 0 saturated carbocycles. The number of nitro groups is 1. The van der Waals surface area contributed by atoms with Gasteiger partial charge in [0.1, 0.15) is 23.2 Å². The molecule has 8 nitrogen and oxygen atoms in total. The van der Waals surface area contributed by atoms with Crippen LogP contribution >= 0.6 is 0 Å². The first-order chi connectivity index (χ1) is 11.8. The molecule has 126 valence electrons. The molecule has 0 aliphatic rings. The van der Waals surface area contributed by atoms with Crippen molar-refractivity contribution in [2.45, 2.75) is 0 Å². The largest absolute Gasteiger partial charge is 0.507 e. The summed E-state index contributed by atoms with van der Waals surface area (Å²) in [5.41, 5.74) is -1.63. The van der Waals surface area contributed by atoms with Gasteiger partial charge in [0.25, 0.3) is 5.91 Å². The first-order valence-electron chi connectivity index (χ1n) is 6.71. The summed E-state index contributed by atoms with van der Waals surface area (Å²) in [7, 11) is 0. The van der Waals surface area contributed by atoms with E-state index in [1.165, 1.54) is 18.2 Å². The minimum Gasteiger partial charge on any atom is -0.507 e. The highest BCUT2D eigenvalue weighted by Crippen LogP contribution is 2.34. The van der Waals surface area contributed by atoms with Gasteiger partial charge in [-0.05, 0) is 18.2 Å². The second-order valence-electron chi connectivity index (χ2n) is 4.76. The quantitative estimate of drug-likeness (QED) is 0.338. The smallest absolute Gasteiger partial charge is 0.311 e. The number of halogens is 1. The molecule has 0 bridgehead atoms. The third-order valence-electron chi connectivity index (χ3n) is 3.11. The van der Waals surface area contributed by atoms with E-state index in [2.05, 4.69) is 5.32 Å². The maximum Gasteiger partial charge on any atom is 0.311 e. The van der Waals surface area contributed by atoms with Crippen molar-refractivity contribution in [3.8, 4) is 17.6 Å². The number of phenols is 2. The van der Waals surface area contributed by atoms with E-state index in [0.29, 0.717) is 6.07 Å². The van der Waals surface area contributed by atoms with E-state index >= 15 is 0 Å². The van der Waals surface area contributed by atoms with Crippen LogP contribution in [-0.2, 0) is 4.79 Å². The zero-order valence-corrected chi connectivity index (χ0v) is 12.4. The molecule has 9 heteroatoms. The number of carbonyl (C=O) groups is 1. The van der Waals surface area contributed by atoms with Gasteiger partial charge in [0.2, 0.25) is 0 Å². The van der Waals surface area contributed by atoms with Crippen molar-refractivity contribution in [1.82, 2.24) is 0 Å². The second kappa shape index (κ2) is 7.10. The van der Waals surface area contributed by atoms with Gasteiger partial charge < -0.3 is 15.5 Å². The maximum atomic E-state index is 13.5. The van der Waals surface area contributed by atoms with Crippen molar-refractivity contribution in [2.24, 2.45) is 0 Å². The van der Waals surface area contributed by atoms with E-state index in [0.717, 1.165) is 18.2 Å². The van der Waals surface area contributed by atoms with E-state index in [9.17, 15) is 29.5 Å². The van der Waals surface area contributed by atoms with Crippen LogP contribution < -0.4 is 5.32 Å². The average Bonchev–Trinajstić information content (AvgIpc) is 2.55. The number of anilines is 1. The number of nitro benzene ring substituents is 1. The third-order valence-corrected chi connectivity index (χ3v) is 3.11. The minimum absolute atomic E-state index is 0.158. The molecule has 0 atom stereocenters. The van der Waals surface area contributed by atoms with E-state index in [1.54, 1.807) is 6.07 Å². The summed E-state index contributed by atoms with van der Waals surface area (Å²) in [5.74, 6) is -3.03. The molecule has 0 heterocycles. The number of aromatic hydroxyl groups is 2. The number of phenolic OH excluding ortho intramolecular Hbond substituents is 2. The van der Waals surface area contributed by atoms with Gasteiger partial charge in [0, 0.05) is 17.7 Å². The summed E-state index contributed by atoms with van der Waals surface area (Å²) in [5, 5.41) is 41.2. The van der Waals surface area contributed by atoms with Crippen LogP contribution in [0.2, 0.25) is 0 Å². The molecule has 2 aromatic carbocycles. The third kappa shape index (κ3) is 3.89. The highest BCUT2D eigenvalue weighted by atomic mass is 19.1. The molecule has 0 spiro atoms. The van der Waals surface area contributed by atoms with Crippen molar-refractivity contribution in [3.63, 3.8) is 0 Å². The zero-order chi connectivity index (χ0) is 18.6. The summed E-state index contributed by atoms with van der Waals surface area (Å²) < 4.78 is 13.5. The summed E-state index contributed by atoms with van der Waals surface area (Å²) in [6, 6.07) is 8.37. The summed E-state index contributed by atoms with van der Waals surface area (Å²) in [6.07, 6.45) is 0.887. The number of carbonyl (C=O) groups excluding carboxylic acids is 1. The van der Waals surface area contributed by atoms with Crippen LogP contribution in [0.5, 0.6) is 11.5 Å². The highest BCUT2D eigenvalue weighted by Gasteiger charge is 2.18. The van der Waals surface area contributed by atoms with Gasteiger partial charge in [0.05, 0.1) is 10.6 Å². The van der Waals surface area contributed by atoms with Gasteiger partial charge in [0.15, 0.2) is 5.75 Å². The first-order valence-corrected chi connectivity index (χ1v) is 6.71. The Morgan fingerprint density at radius 3 is 2.56 bits per heavy atom. The van der Waals surface area contributed by atoms with Crippen LogP contribution in [-0.4, -0.2) is 21.0 Å². The first kappa shape index (κ1) is 17.4. The van der Waals surface area contributed by atoms with Gasteiger partial charge in [-0.3, -0.25) is 14.9 Å². The molecule has 0 aromatic heterocycles. The normalized spacial score (nSPS) is 10.8. The summed E-state index contributed by atoms with van der Waals surface area (Å²) >= 11 is 0. The predicted octanol–water partition coefficient (Wildman–Crippen LogP) is 2.69. The molecule has 2 aromatic rings. The molecule has 25 heavy (non-hydrogen) atoms. The second-order valence-corrected chi connectivity index (χ2v) is 4.76. The Labute approximate surface area is 140 Å². The fourth-order valence-corrected chi connectivity index (χ4v) is 1.90. The van der Waals surface area contributed by atoms with Gasteiger partial charge in [-0.15, -0.1) is 0 Å². The van der Waals surface area contributed by atoms with E-state index in [1.807, 2.05) is 0 Å². The number of amides is 1. The molecule has 0 aliphatic heterocycles. The molecule has 0 fully saturated rings. The van der Waals surface area contributed by atoms with Gasteiger partial charge in [-0.1, -0.05) is 12.1 Å². The van der Waals surface area contributed by atoms with Gasteiger partial charge in [-0.25, -0.2) is 4.39 Å². The molecule has 0 saturated heterocycles. The molecule has 0 radical (unpaired) electrons. The highest BCUT2D eigenvalue weighted by molar-refractivity contribution is 6.09. The van der Waals surface area contributed by atoms with Crippen molar-refractivity contribution >= 4 is 23.4 Å². The zero-order valence-electron chi connectivity index (χ0n) is 12.4. The number of para-hydroxylation sites is 1.